The highest BCUT2D eigenvalue weighted by Crippen LogP contribution is 2.25. The van der Waals surface area contributed by atoms with Gasteiger partial charge in [-0.15, -0.1) is 0 Å². The summed E-state index contributed by atoms with van der Waals surface area (Å²) >= 11 is 1.94. The molecule has 0 aliphatic carbocycles. The van der Waals surface area contributed by atoms with Gasteiger partial charge in [0.1, 0.15) is 0 Å². The summed E-state index contributed by atoms with van der Waals surface area (Å²) in [5.41, 5.74) is 0.710. The van der Waals surface area contributed by atoms with Crippen LogP contribution in [-0.2, 0) is 6.54 Å². The van der Waals surface area contributed by atoms with Crippen molar-refractivity contribution >= 4 is 17.6 Å². The van der Waals surface area contributed by atoms with Crippen molar-refractivity contribution in [3.8, 4) is 0 Å². The average Bonchev–Trinajstić information content (AvgIpc) is 2.40. The summed E-state index contributed by atoms with van der Waals surface area (Å²) < 4.78 is 14.6. The van der Waals surface area contributed by atoms with Crippen LogP contribution < -0.4 is 10.2 Å². The van der Waals surface area contributed by atoms with Crippen LogP contribution in [0.1, 0.15) is 26.3 Å². The second-order valence-electron chi connectivity index (χ2n) is 5.76. The lowest BCUT2D eigenvalue weighted by molar-refractivity contribution is 0.531. The summed E-state index contributed by atoms with van der Waals surface area (Å²) in [6.07, 6.45) is 1.72. The Kier molecular flexibility index (Phi) is 5.66. The number of thioether (sulfide) groups is 1. The van der Waals surface area contributed by atoms with Crippen molar-refractivity contribution in [1.29, 1.82) is 0 Å². The Morgan fingerprint density at radius 1 is 1.55 bits per heavy atom. The Balaban J connectivity index is 2.06. The molecule has 0 saturated carbocycles. The zero-order valence-electron chi connectivity index (χ0n) is 12.5. The summed E-state index contributed by atoms with van der Waals surface area (Å²) in [5, 5.41) is 3.83. The highest BCUT2D eigenvalue weighted by Gasteiger charge is 2.21. The lowest BCUT2D eigenvalue weighted by atomic mass is 10.2. The fourth-order valence-electron chi connectivity index (χ4n) is 2.33. The van der Waals surface area contributed by atoms with Gasteiger partial charge in [-0.3, -0.25) is 0 Å². The summed E-state index contributed by atoms with van der Waals surface area (Å²) in [6, 6.07) is 1.77. The number of aromatic nitrogens is 1. The van der Waals surface area contributed by atoms with Crippen LogP contribution >= 0.6 is 11.8 Å². The number of rotatable bonds is 5. The van der Waals surface area contributed by atoms with Crippen LogP contribution in [0.15, 0.2) is 12.3 Å². The predicted octanol–water partition coefficient (Wildman–Crippen LogP) is 2.91. The molecule has 2 rings (SSSR count). The molecular weight excluding hydrogens is 273 g/mol. The molecule has 0 amide bonds. The van der Waals surface area contributed by atoms with Gasteiger partial charge in [0, 0.05) is 42.4 Å². The minimum atomic E-state index is -0.164. The van der Waals surface area contributed by atoms with Crippen molar-refractivity contribution in [2.24, 2.45) is 5.92 Å². The number of halogens is 1. The predicted molar refractivity (Wildman–Crippen MR) is 84.9 cm³/mol. The zero-order valence-corrected chi connectivity index (χ0v) is 13.3. The Bertz CT molecular complexity index is 439. The van der Waals surface area contributed by atoms with Gasteiger partial charge in [0.2, 0.25) is 0 Å². The van der Waals surface area contributed by atoms with Gasteiger partial charge in [-0.2, -0.15) is 11.8 Å². The van der Waals surface area contributed by atoms with E-state index in [9.17, 15) is 4.39 Å². The third-order valence-corrected chi connectivity index (χ3v) is 4.50. The van der Waals surface area contributed by atoms with E-state index >= 15 is 0 Å². The number of hydrogen-bond donors (Lipinski definition) is 1. The zero-order chi connectivity index (χ0) is 14.5. The molecule has 5 heteroatoms. The van der Waals surface area contributed by atoms with Crippen molar-refractivity contribution < 1.29 is 4.39 Å². The van der Waals surface area contributed by atoms with Crippen LogP contribution in [0.5, 0.6) is 0 Å². The normalized spacial score (nSPS) is 19.6. The first-order valence-electron chi connectivity index (χ1n) is 7.28. The van der Waals surface area contributed by atoms with E-state index in [-0.39, 0.29) is 5.82 Å². The van der Waals surface area contributed by atoms with E-state index in [1.807, 2.05) is 11.8 Å². The Morgan fingerprint density at radius 3 is 3.05 bits per heavy atom. The van der Waals surface area contributed by atoms with Crippen LogP contribution in [0, 0.1) is 11.7 Å². The molecule has 1 atom stereocenters. The molecule has 0 spiro atoms. The van der Waals surface area contributed by atoms with E-state index in [1.54, 1.807) is 12.3 Å². The van der Waals surface area contributed by atoms with Crippen LogP contribution in [0.25, 0.3) is 0 Å². The standard InChI is InChI=1S/C15H24FN3S/c1-11(2)8-17-9-13-4-5-18-15(14(13)16)19-6-7-20-12(3)10-19/h4-5,11-12,17H,6-10H2,1-3H3. The smallest absolute Gasteiger partial charge is 0.170 e. The lowest BCUT2D eigenvalue weighted by Gasteiger charge is -2.32. The summed E-state index contributed by atoms with van der Waals surface area (Å²) in [4.78, 5) is 6.33. The molecule has 1 aliphatic rings. The number of pyridine rings is 1. The second kappa shape index (κ2) is 7.27. The molecule has 20 heavy (non-hydrogen) atoms. The Hall–Kier alpha value is -0.810. The van der Waals surface area contributed by atoms with Crippen molar-refractivity contribution in [3.05, 3.63) is 23.6 Å². The molecule has 0 aromatic carbocycles. The first-order valence-corrected chi connectivity index (χ1v) is 8.33. The molecule has 0 bridgehead atoms. The molecule has 1 aliphatic heterocycles. The molecule has 3 nitrogen and oxygen atoms in total. The summed E-state index contributed by atoms with van der Waals surface area (Å²) in [6.45, 7) is 9.69. The third kappa shape index (κ3) is 4.09. The SMILES string of the molecule is CC(C)CNCc1ccnc(N2CCSC(C)C2)c1F. The molecule has 2 heterocycles. The largest absolute Gasteiger partial charge is 0.352 e. The monoisotopic (exact) mass is 297 g/mol. The average molecular weight is 297 g/mol. The molecule has 1 aromatic heterocycles. The number of nitrogens with zero attached hydrogens (tertiary/aromatic N) is 2. The fourth-order valence-corrected chi connectivity index (χ4v) is 3.35. The summed E-state index contributed by atoms with van der Waals surface area (Å²) in [7, 11) is 0. The van der Waals surface area contributed by atoms with Crippen LogP contribution in [0.3, 0.4) is 0 Å². The highest BCUT2D eigenvalue weighted by molar-refractivity contribution is 8.00. The first-order chi connectivity index (χ1) is 9.58. The summed E-state index contributed by atoms with van der Waals surface area (Å²) in [5.74, 6) is 1.96. The Labute approximate surface area is 125 Å². The molecule has 112 valence electrons. The van der Waals surface area contributed by atoms with E-state index in [4.69, 9.17) is 0 Å². The van der Waals surface area contributed by atoms with Crippen molar-refractivity contribution in [1.82, 2.24) is 10.3 Å². The second-order valence-corrected chi connectivity index (χ2v) is 7.31. The lowest BCUT2D eigenvalue weighted by Crippen LogP contribution is -2.38. The molecule has 1 saturated heterocycles. The maximum Gasteiger partial charge on any atom is 0.170 e. The first kappa shape index (κ1) is 15.6. The van der Waals surface area contributed by atoms with Crippen molar-refractivity contribution in [3.63, 3.8) is 0 Å². The van der Waals surface area contributed by atoms with Gasteiger partial charge in [-0.1, -0.05) is 20.8 Å². The van der Waals surface area contributed by atoms with Gasteiger partial charge in [0.05, 0.1) is 0 Å². The fraction of sp³-hybridized carbons (Fsp3) is 0.667. The number of anilines is 1. The van der Waals surface area contributed by atoms with Gasteiger partial charge in [0.15, 0.2) is 11.6 Å². The van der Waals surface area contributed by atoms with Crippen LogP contribution in [0.2, 0.25) is 0 Å². The molecule has 0 radical (unpaired) electrons. The number of hydrogen-bond acceptors (Lipinski definition) is 4. The highest BCUT2D eigenvalue weighted by atomic mass is 32.2. The molecular formula is C15H24FN3S. The van der Waals surface area contributed by atoms with Gasteiger partial charge < -0.3 is 10.2 Å². The molecule has 1 unspecified atom stereocenters. The quantitative estimate of drug-likeness (QED) is 0.904. The van der Waals surface area contributed by atoms with Gasteiger partial charge in [0.25, 0.3) is 0 Å². The third-order valence-electron chi connectivity index (χ3n) is 3.36. The van der Waals surface area contributed by atoms with Crippen molar-refractivity contribution in [2.45, 2.75) is 32.6 Å². The van der Waals surface area contributed by atoms with Gasteiger partial charge in [-0.25, -0.2) is 9.37 Å². The van der Waals surface area contributed by atoms with Crippen LogP contribution in [-0.4, -0.2) is 35.6 Å². The van der Waals surface area contributed by atoms with Crippen LogP contribution in [0.4, 0.5) is 10.2 Å². The van der Waals surface area contributed by atoms with E-state index in [1.165, 1.54) is 0 Å². The Morgan fingerprint density at radius 2 is 2.35 bits per heavy atom. The number of nitrogens with one attached hydrogen (secondary N) is 1. The molecule has 1 aromatic rings. The molecule has 1 fully saturated rings. The van der Waals surface area contributed by atoms with E-state index in [0.29, 0.717) is 29.1 Å². The van der Waals surface area contributed by atoms with E-state index < -0.39 is 0 Å². The minimum absolute atomic E-state index is 0.164. The van der Waals surface area contributed by atoms with Gasteiger partial charge in [-0.05, 0) is 18.5 Å². The maximum absolute atomic E-state index is 14.6. The minimum Gasteiger partial charge on any atom is -0.352 e. The topological polar surface area (TPSA) is 28.2 Å². The van der Waals surface area contributed by atoms with E-state index in [2.05, 4.69) is 36.0 Å². The molecule has 1 N–H and O–H groups in total. The van der Waals surface area contributed by atoms with E-state index in [0.717, 1.165) is 25.4 Å². The van der Waals surface area contributed by atoms with Crippen molar-refractivity contribution in [2.75, 3.05) is 30.3 Å². The maximum atomic E-state index is 14.6. The van der Waals surface area contributed by atoms with Gasteiger partial charge >= 0.3 is 0 Å².